The van der Waals surface area contributed by atoms with Gasteiger partial charge in [-0.15, -0.1) is 0 Å². The van der Waals surface area contributed by atoms with Crippen LogP contribution in [0.15, 0.2) is 18.2 Å². The van der Waals surface area contributed by atoms with Crippen molar-refractivity contribution in [2.24, 2.45) is 5.92 Å². The van der Waals surface area contributed by atoms with Gasteiger partial charge in [-0.2, -0.15) is 13.2 Å². The number of hydrogen-bond donors (Lipinski definition) is 1. The van der Waals surface area contributed by atoms with Crippen LogP contribution in [0.4, 0.5) is 18.9 Å². The van der Waals surface area contributed by atoms with Crippen LogP contribution in [-0.2, 0) is 11.0 Å². The van der Waals surface area contributed by atoms with Gasteiger partial charge in [0.15, 0.2) is 0 Å². The van der Waals surface area contributed by atoms with Crippen LogP contribution in [0.5, 0.6) is 0 Å². The average molecular weight is 294 g/mol. The molecule has 0 heterocycles. The Morgan fingerprint density at radius 3 is 2.58 bits per heavy atom. The molecule has 0 radical (unpaired) electrons. The highest BCUT2D eigenvalue weighted by molar-refractivity contribution is 6.33. The molecule has 0 unspecified atom stereocenters. The number of carbonyl (C=O) groups excluding carboxylic acids is 1. The smallest absolute Gasteiger partial charge is 0.325 e. The van der Waals surface area contributed by atoms with E-state index >= 15 is 0 Å². The Hall–Kier alpha value is -1.23. The molecule has 0 spiro atoms. The van der Waals surface area contributed by atoms with E-state index in [2.05, 4.69) is 5.32 Å². The highest BCUT2D eigenvalue weighted by atomic mass is 35.5. The molecule has 0 aliphatic rings. The molecule has 1 aromatic rings. The van der Waals surface area contributed by atoms with Gasteiger partial charge in [0.1, 0.15) is 0 Å². The standard InChI is InChI=1S/C13H15ClF3NO/c1-3-4-8(2)12(19)18-11-7-9(13(15,16)17)5-6-10(11)14/h5-8H,3-4H2,1-2H3,(H,18,19)/t8-/m1/s1. The van der Waals surface area contributed by atoms with Gasteiger partial charge >= 0.3 is 6.18 Å². The fraction of sp³-hybridized carbons (Fsp3) is 0.462. The number of nitrogens with one attached hydrogen (secondary N) is 1. The molecule has 1 atom stereocenters. The van der Waals surface area contributed by atoms with E-state index in [9.17, 15) is 18.0 Å². The SMILES string of the molecule is CCC[C@@H](C)C(=O)Nc1cc(C(F)(F)F)ccc1Cl. The van der Waals surface area contributed by atoms with Crippen LogP contribution in [0.25, 0.3) is 0 Å². The van der Waals surface area contributed by atoms with Gasteiger partial charge in [-0.1, -0.05) is 31.9 Å². The molecule has 0 aliphatic carbocycles. The summed E-state index contributed by atoms with van der Waals surface area (Å²) in [5.41, 5.74) is -0.847. The summed E-state index contributed by atoms with van der Waals surface area (Å²) in [6.45, 7) is 3.65. The van der Waals surface area contributed by atoms with Gasteiger partial charge in [-0.25, -0.2) is 0 Å². The van der Waals surface area contributed by atoms with E-state index in [0.717, 1.165) is 24.6 Å². The van der Waals surface area contributed by atoms with E-state index in [1.165, 1.54) is 0 Å². The molecule has 0 aromatic heterocycles. The van der Waals surface area contributed by atoms with Gasteiger partial charge in [0.2, 0.25) is 5.91 Å². The lowest BCUT2D eigenvalue weighted by molar-refractivity contribution is -0.137. The molecule has 106 valence electrons. The predicted octanol–water partition coefficient (Wildman–Crippen LogP) is 4.73. The molecular weight excluding hydrogens is 279 g/mol. The Kier molecular flexibility index (Phi) is 5.23. The lowest BCUT2D eigenvalue weighted by Crippen LogP contribution is -2.20. The summed E-state index contributed by atoms with van der Waals surface area (Å²) in [5, 5.41) is 2.52. The van der Waals surface area contributed by atoms with Crippen LogP contribution in [0.3, 0.4) is 0 Å². The number of benzene rings is 1. The third-order valence-corrected chi connectivity index (χ3v) is 3.05. The molecule has 0 bridgehead atoms. The van der Waals surface area contributed by atoms with Crippen molar-refractivity contribution in [1.82, 2.24) is 0 Å². The van der Waals surface area contributed by atoms with Gasteiger partial charge < -0.3 is 5.32 Å². The lowest BCUT2D eigenvalue weighted by atomic mass is 10.1. The van der Waals surface area contributed by atoms with E-state index in [1.54, 1.807) is 6.92 Å². The zero-order valence-corrected chi connectivity index (χ0v) is 11.4. The normalized spacial score (nSPS) is 13.2. The topological polar surface area (TPSA) is 29.1 Å². The third-order valence-electron chi connectivity index (χ3n) is 2.72. The molecule has 1 aromatic carbocycles. The largest absolute Gasteiger partial charge is 0.416 e. The number of rotatable bonds is 4. The molecule has 0 aliphatic heterocycles. The van der Waals surface area contributed by atoms with Crippen molar-refractivity contribution in [3.05, 3.63) is 28.8 Å². The lowest BCUT2D eigenvalue weighted by Gasteiger charge is -2.14. The van der Waals surface area contributed by atoms with Gasteiger partial charge in [0.05, 0.1) is 16.3 Å². The minimum atomic E-state index is -4.46. The maximum atomic E-state index is 12.6. The summed E-state index contributed by atoms with van der Waals surface area (Å²) in [6, 6.07) is 2.86. The fourth-order valence-electron chi connectivity index (χ4n) is 1.62. The highest BCUT2D eigenvalue weighted by Gasteiger charge is 2.31. The molecular formula is C13H15ClF3NO. The molecule has 1 rings (SSSR count). The van der Waals surface area contributed by atoms with Gasteiger partial charge in [0, 0.05) is 5.92 Å². The van der Waals surface area contributed by atoms with E-state index < -0.39 is 11.7 Å². The van der Waals surface area contributed by atoms with E-state index in [1.807, 2.05) is 6.92 Å². The molecule has 2 nitrogen and oxygen atoms in total. The Labute approximate surface area is 114 Å². The number of halogens is 4. The Morgan fingerprint density at radius 2 is 2.05 bits per heavy atom. The second kappa shape index (κ2) is 6.28. The predicted molar refractivity (Wildman–Crippen MR) is 69.2 cm³/mol. The highest BCUT2D eigenvalue weighted by Crippen LogP contribution is 2.34. The molecule has 0 saturated heterocycles. The maximum Gasteiger partial charge on any atom is 0.416 e. The quantitative estimate of drug-likeness (QED) is 0.854. The van der Waals surface area contributed by atoms with E-state index in [4.69, 9.17) is 11.6 Å². The second-order valence-corrected chi connectivity index (χ2v) is 4.78. The van der Waals surface area contributed by atoms with Crippen LogP contribution >= 0.6 is 11.6 Å². The summed E-state index contributed by atoms with van der Waals surface area (Å²) in [7, 11) is 0. The van der Waals surface area contributed by atoms with Crippen LogP contribution in [0.2, 0.25) is 5.02 Å². The summed E-state index contributed by atoms with van der Waals surface area (Å²) in [5.74, 6) is -0.598. The molecule has 6 heteroatoms. The first-order valence-corrected chi connectivity index (χ1v) is 6.31. The van der Waals surface area contributed by atoms with Crippen molar-refractivity contribution in [1.29, 1.82) is 0 Å². The summed E-state index contributed by atoms with van der Waals surface area (Å²) in [6.07, 6.45) is -2.97. The molecule has 1 amide bonds. The minimum Gasteiger partial charge on any atom is -0.325 e. The Balaban J connectivity index is 2.92. The van der Waals surface area contributed by atoms with E-state index in [-0.39, 0.29) is 22.5 Å². The number of carbonyl (C=O) groups is 1. The van der Waals surface area contributed by atoms with Crippen molar-refractivity contribution < 1.29 is 18.0 Å². The second-order valence-electron chi connectivity index (χ2n) is 4.37. The Bertz CT molecular complexity index is 460. The van der Waals surface area contributed by atoms with Crippen LogP contribution in [0, 0.1) is 5.92 Å². The first-order chi connectivity index (χ1) is 8.75. The number of alkyl halides is 3. The van der Waals surface area contributed by atoms with E-state index in [0.29, 0.717) is 6.42 Å². The van der Waals surface area contributed by atoms with Crippen LogP contribution in [0.1, 0.15) is 32.3 Å². The van der Waals surface area contributed by atoms with Crippen molar-refractivity contribution in [2.45, 2.75) is 32.9 Å². The number of hydrogen-bond acceptors (Lipinski definition) is 1. The van der Waals surface area contributed by atoms with Crippen molar-refractivity contribution in [3.63, 3.8) is 0 Å². The maximum absolute atomic E-state index is 12.6. The Morgan fingerprint density at radius 1 is 1.42 bits per heavy atom. The van der Waals surface area contributed by atoms with Gasteiger partial charge in [-0.3, -0.25) is 4.79 Å². The number of anilines is 1. The van der Waals surface area contributed by atoms with Gasteiger partial charge in [0.25, 0.3) is 0 Å². The summed E-state index contributed by atoms with van der Waals surface area (Å²) >= 11 is 5.79. The molecule has 19 heavy (non-hydrogen) atoms. The average Bonchev–Trinajstić information content (AvgIpc) is 2.30. The third kappa shape index (κ3) is 4.42. The molecule has 1 N–H and O–H groups in total. The van der Waals surface area contributed by atoms with Crippen LogP contribution < -0.4 is 5.32 Å². The van der Waals surface area contributed by atoms with Crippen molar-refractivity contribution in [3.8, 4) is 0 Å². The minimum absolute atomic E-state index is 0.00977. The fourth-order valence-corrected chi connectivity index (χ4v) is 1.78. The monoisotopic (exact) mass is 293 g/mol. The van der Waals surface area contributed by atoms with Crippen molar-refractivity contribution in [2.75, 3.05) is 5.32 Å². The molecule has 0 fully saturated rings. The first-order valence-electron chi connectivity index (χ1n) is 5.93. The van der Waals surface area contributed by atoms with Crippen LogP contribution in [-0.4, -0.2) is 5.91 Å². The molecule has 0 saturated carbocycles. The first kappa shape index (κ1) is 15.8. The summed E-state index contributed by atoms with van der Waals surface area (Å²) < 4.78 is 37.7. The van der Waals surface area contributed by atoms with Crippen molar-refractivity contribution >= 4 is 23.2 Å². The summed E-state index contributed by atoms with van der Waals surface area (Å²) in [4.78, 5) is 11.8. The number of amides is 1. The zero-order valence-electron chi connectivity index (χ0n) is 10.6. The zero-order chi connectivity index (χ0) is 14.6. The van der Waals surface area contributed by atoms with Gasteiger partial charge in [-0.05, 0) is 24.6 Å².